The molecule has 0 heterocycles. The molecule has 0 aliphatic heterocycles. The van der Waals surface area contributed by atoms with E-state index in [1.807, 2.05) is 0 Å². The minimum atomic E-state index is -1.76. The van der Waals surface area contributed by atoms with Crippen LogP contribution in [0.15, 0.2) is 42.0 Å². The zero-order chi connectivity index (χ0) is 21.8. The van der Waals surface area contributed by atoms with Gasteiger partial charge in [-0.05, 0) is 62.2 Å². The van der Waals surface area contributed by atoms with Crippen LogP contribution in [0.5, 0.6) is 0 Å². The van der Waals surface area contributed by atoms with Crippen LogP contribution in [0.3, 0.4) is 0 Å². The first-order chi connectivity index (χ1) is 14.2. The van der Waals surface area contributed by atoms with Crippen molar-refractivity contribution in [2.24, 2.45) is 11.8 Å². The molecular formula is C27H45OSi2. The second-order valence-corrected chi connectivity index (χ2v) is 18.7. The summed E-state index contributed by atoms with van der Waals surface area (Å²) in [5.74, 6) is 1.46. The van der Waals surface area contributed by atoms with Crippen molar-refractivity contribution in [2.45, 2.75) is 109 Å². The fourth-order valence-corrected chi connectivity index (χ4v) is 8.65. The van der Waals surface area contributed by atoms with Gasteiger partial charge in [-0.1, -0.05) is 93.7 Å². The summed E-state index contributed by atoms with van der Waals surface area (Å²) in [6.45, 7) is 14.6. The SMILES string of the molecule is C[Si](C[C@@H]1/C(=C/C2CCCCC2)CCC[C@H]1O[Si](C)(C)C(C)(C)C)c1ccccc1. The van der Waals surface area contributed by atoms with Gasteiger partial charge in [-0.2, -0.15) is 0 Å². The molecule has 1 aromatic rings. The Labute approximate surface area is 189 Å². The molecule has 0 spiro atoms. The largest absolute Gasteiger partial charge is 0.413 e. The normalized spacial score (nSPS) is 25.8. The smallest absolute Gasteiger partial charge is 0.192 e. The minimum absolute atomic E-state index is 0.279. The zero-order valence-corrected chi connectivity index (χ0v) is 22.5. The van der Waals surface area contributed by atoms with E-state index in [1.54, 1.807) is 10.8 Å². The van der Waals surface area contributed by atoms with E-state index in [-0.39, 0.29) is 5.04 Å². The first-order valence-corrected chi connectivity index (χ1v) is 17.5. The Bertz CT molecular complexity index is 683. The fourth-order valence-electron chi connectivity index (χ4n) is 5.07. The second kappa shape index (κ2) is 10.3. The Morgan fingerprint density at radius 1 is 1.00 bits per heavy atom. The highest BCUT2D eigenvalue weighted by Gasteiger charge is 2.42. The lowest BCUT2D eigenvalue weighted by molar-refractivity contribution is 0.114. The highest BCUT2D eigenvalue weighted by atomic mass is 28.4. The van der Waals surface area contributed by atoms with Gasteiger partial charge in [0.2, 0.25) is 0 Å². The molecule has 0 aromatic heterocycles. The first-order valence-electron chi connectivity index (χ1n) is 12.4. The Kier molecular flexibility index (Phi) is 8.25. The average Bonchev–Trinajstić information content (AvgIpc) is 2.70. The molecule has 0 bridgehead atoms. The van der Waals surface area contributed by atoms with Crippen LogP contribution in [0.4, 0.5) is 0 Å². The molecule has 1 nitrogen and oxygen atoms in total. The summed E-state index contributed by atoms with van der Waals surface area (Å²) in [4.78, 5) is 0. The quantitative estimate of drug-likeness (QED) is 0.324. The Hall–Kier alpha value is -0.646. The maximum Gasteiger partial charge on any atom is 0.192 e. The van der Waals surface area contributed by atoms with Crippen LogP contribution in [-0.2, 0) is 4.43 Å². The third-order valence-electron chi connectivity index (χ3n) is 8.02. The third-order valence-corrected chi connectivity index (χ3v) is 14.9. The van der Waals surface area contributed by atoms with Crippen molar-refractivity contribution in [1.82, 2.24) is 0 Å². The molecule has 167 valence electrons. The van der Waals surface area contributed by atoms with Gasteiger partial charge in [0, 0.05) is 5.92 Å². The zero-order valence-electron chi connectivity index (χ0n) is 20.5. The van der Waals surface area contributed by atoms with Gasteiger partial charge >= 0.3 is 0 Å². The van der Waals surface area contributed by atoms with Gasteiger partial charge in [0.25, 0.3) is 0 Å². The Balaban J connectivity index is 1.84. The maximum atomic E-state index is 7.13. The number of hydrogen-bond donors (Lipinski definition) is 0. The van der Waals surface area contributed by atoms with Gasteiger partial charge in [-0.3, -0.25) is 0 Å². The van der Waals surface area contributed by atoms with Crippen LogP contribution in [0.1, 0.15) is 72.1 Å². The lowest BCUT2D eigenvalue weighted by Gasteiger charge is -2.44. The van der Waals surface area contributed by atoms with Crippen LogP contribution in [0, 0.1) is 11.8 Å². The highest BCUT2D eigenvalue weighted by Crippen LogP contribution is 2.43. The van der Waals surface area contributed by atoms with E-state index < -0.39 is 17.1 Å². The number of rotatable bonds is 6. The van der Waals surface area contributed by atoms with Crippen LogP contribution in [0.25, 0.3) is 0 Å². The van der Waals surface area contributed by atoms with Crippen LogP contribution >= 0.6 is 0 Å². The summed E-state index contributed by atoms with van der Waals surface area (Å²) in [7, 11) is -2.33. The fraction of sp³-hybridized carbons (Fsp3) is 0.704. The second-order valence-electron chi connectivity index (χ2n) is 11.4. The number of allylic oxidation sites excluding steroid dienone is 1. The molecule has 2 aliphatic rings. The number of benzene rings is 1. The average molecular weight is 442 g/mol. The van der Waals surface area contributed by atoms with E-state index in [4.69, 9.17) is 4.43 Å². The van der Waals surface area contributed by atoms with E-state index in [0.29, 0.717) is 12.0 Å². The van der Waals surface area contributed by atoms with Gasteiger partial charge in [0.05, 0.1) is 14.9 Å². The van der Waals surface area contributed by atoms with Crippen LogP contribution in [-0.4, -0.2) is 23.2 Å². The Morgan fingerprint density at radius 3 is 2.30 bits per heavy atom. The summed E-state index contributed by atoms with van der Waals surface area (Å²) in [6, 6.07) is 12.6. The van der Waals surface area contributed by atoms with E-state index in [0.717, 1.165) is 5.92 Å². The predicted octanol–water partition coefficient (Wildman–Crippen LogP) is 7.72. The molecule has 30 heavy (non-hydrogen) atoms. The summed E-state index contributed by atoms with van der Waals surface area (Å²) in [5.41, 5.74) is 1.76. The van der Waals surface area contributed by atoms with E-state index in [9.17, 15) is 0 Å². The van der Waals surface area contributed by atoms with Crippen molar-refractivity contribution < 1.29 is 4.43 Å². The van der Waals surface area contributed by atoms with Gasteiger partial charge in [-0.25, -0.2) is 0 Å². The molecular weight excluding hydrogens is 396 g/mol. The molecule has 2 atom stereocenters. The lowest BCUT2D eigenvalue weighted by Crippen LogP contribution is -2.47. The molecule has 0 N–H and O–H groups in total. The van der Waals surface area contributed by atoms with Crippen molar-refractivity contribution >= 4 is 22.3 Å². The molecule has 0 unspecified atom stereocenters. The van der Waals surface area contributed by atoms with Crippen molar-refractivity contribution in [3.8, 4) is 0 Å². The van der Waals surface area contributed by atoms with Crippen molar-refractivity contribution in [2.75, 3.05) is 0 Å². The summed E-state index contributed by atoms with van der Waals surface area (Å²) in [5, 5.41) is 1.86. The lowest BCUT2D eigenvalue weighted by atomic mass is 9.79. The molecule has 0 amide bonds. The molecule has 1 radical (unpaired) electrons. The number of hydrogen-bond acceptors (Lipinski definition) is 1. The van der Waals surface area contributed by atoms with Crippen molar-refractivity contribution in [1.29, 1.82) is 0 Å². The van der Waals surface area contributed by atoms with Gasteiger partial charge in [0.15, 0.2) is 8.32 Å². The summed E-state index contributed by atoms with van der Waals surface area (Å²) in [6.07, 6.45) is 14.2. The van der Waals surface area contributed by atoms with E-state index in [1.165, 1.54) is 57.4 Å². The molecule has 0 saturated heterocycles. The third kappa shape index (κ3) is 6.20. The predicted molar refractivity (Wildman–Crippen MR) is 137 cm³/mol. The van der Waals surface area contributed by atoms with Crippen molar-refractivity contribution in [3.05, 3.63) is 42.0 Å². The monoisotopic (exact) mass is 441 g/mol. The van der Waals surface area contributed by atoms with Crippen LogP contribution < -0.4 is 5.19 Å². The van der Waals surface area contributed by atoms with Gasteiger partial charge in [-0.15, -0.1) is 0 Å². The minimum Gasteiger partial charge on any atom is -0.413 e. The topological polar surface area (TPSA) is 9.23 Å². The molecule has 1 aromatic carbocycles. The molecule has 2 aliphatic carbocycles. The van der Waals surface area contributed by atoms with Crippen molar-refractivity contribution in [3.63, 3.8) is 0 Å². The van der Waals surface area contributed by atoms with Gasteiger partial charge in [0.1, 0.15) is 0 Å². The molecule has 3 heteroatoms. The molecule has 3 rings (SSSR count). The van der Waals surface area contributed by atoms with Crippen LogP contribution in [0.2, 0.25) is 30.7 Å². The van der Waals surface area contributed by atoms with E-state index in [2.05, 4.69) is 76.8 Å². The van der Waals surface area contributed by atoms with E-state index >= 15 is 0 Å². The standard InChI is InChI=1S/C27H45OSi2/c1-27(2,3)30(5,6)28-26-19-13-16-23(20-22-14-9-7-10-15-22)25(26)21-29(4)24-17-11-8-12-18-24/h8,11-12,17-18,20,22,25-26H,7,9-10,13-16,19,21H2,1-6H3/b23-20+/t25-,26-/m1/s1. The molecule has 2 fully saturated rings. The highest BCUT2D eigenvalue weighted by molar-refractivity contribution is 6.74. The summed E-state index contributed by atoms with van der Waals surface area (Å²) < 4.78 is 7.13. The first kappa shape index (κ1) is 24.0. The Morgan fingerprint density at radius 2 is 1.67 bits per heavy atom. The maximum absolute atomic E-state index is 7.13. The molecule has 2 saturated carbocycles. The summed E-state index contributed by atoms with van der Waals surface area (Å²) >= 11 is 0. The van der Waals surface area contributed by atoms with Gasteiger partial charge < -0.3 is 4.43 Å².